The Labute approximate surface area is 139 Å². The zero-order chi connectivity index (χ0) is 16.9. The van der Waals surface area contributed by atoms with E-state index in [2.05, 4.69) is 4.98 Å². The summed E-state index contributed by atoms with van der Waals surface area (Å²) in [4.78, 5) is 4.01. The van der Waals surface area contributed by atoms with Gasteiger partial charge in [0, 0.05) is 24.0 Å². The van der Waals surface area contributed by atoms with Gasteiger partial charge in [-0.05, 0) is 29.8 Å². The van der Waals surface area contributed by atoms with Crippen LogP contribution in [0.3, 0.4) is 0 Å². The minimum atomic E-state index is -0.423. The van der Waals surface area contributed by atoms with Gasteiger partial charge in [0.1, 0.15) is 23.4 Å². The highest BCUT2D eigenvalue weighted by atomic mass is 16.5. The molecule has 0 saturated carbocycles. The van der Waals surface area contributed by atoms with E-state index in [1.54, 1.807) is 42.9 Å². The third kappa shape index (κ3) is 3.85. The summed E-state index contributed by atoms with van der Waals surface area (Å²) in [5.41, 5.74) is 1.49. The van der Waals surface area contributed by atoms with Crippen LogP contribution >= 0.6 is 0 Å². The van der Waals surface area contributed by atoms with Crippen molar-refractivity contribution in [1.82, 2.24) is 9.55 Å². The quantitative estimate of drug-likeness (QED) is 0.648. The maximum atomic E-state index is 10.1. The summed E-state index contributed by atoms with van der Waals surface area (Å²) < 4.78 is 7.83. The van der Waals surface area contributed by atoms with E-state index in [4.69, 9.17) is 4.74 Å². The van der Waals surface area contributed by atoms with Gasteiger partial charge in [0.2, 0.25) is 0 Å². The van der Waals surface area contributed by atoms with Crippen LogP contribution in [-0.2, 0) is 17.9 Å². The van der Waals surface area contributed by atoms with Crippen LogP contribution in [0.25, 0.3) is 0 Å². The molecule has 3 aromatic rings. The van der Waals surface area contributed by atoms with Gasteiger partial charge in [0.05, 0.1) is 19.5 Å². The van der Waals surface area contributed by atoms with Crippen molar-refractivity contribution in [3.05, 3.63) is 72.3 Å². The second-order valence-electron chi connectivity index (χ2n) is 5.47. The number of phenolic OH excluding ortho intramolecular Hbond substituents is 3. The molecule has 0 aliphatic rings. The van der Waals surface area contributed by atoms with Crippen molar-refractivity contribution in [1.29, 1.82) is 0 Å². The summed E-state index contributed by atoms with van der Waals surface area (Å²) in [6, 6.07) is 11.2. The van der Waals surface area contributed by atoms with Gasteiger partial charge in [-0.1, -0.05) is 12.1 Å². The SMILES string of the molecule is Oc1ccc(COC(Cn2ccnc2)c2ccc(O)cc2O)cc1. The van der Waals surface area contributed by atoms with Crippen molar-refractivity contribution in [2.75, 3.05) is 0 Å². The number of imidazole rings is 1. The molecule has 0 saturated heterocycles. The number of benzene rings is 2. The molecule has 124 valence electrons. The lowest BCUT2D eigenvalue weighted by atomic mass is 10.1. The molecule has 0 amide bonds. The lowest BCUT2D eigenvalue weighted by Gasteiger charge is -2.20. The number of hydrogen-bond acceptors (Lipinski definition) is 5. The summed E-state index contributed by atoms with van der Waals surface area (Å²) in [5.74, 6) is 0.173. The summed E-state index contributed by atoms with van der Waals surface area (Å²) in [6.45, 7) is 0.788. The summed E-state index contributed by atoms with van der Waals surface area (Å²) in [6.07, 6.45) is 4.74. The monoisotopic (exact) mass is 326 g/mol. The average Bonchev–Trinajstić information content (AvgIpc) is 3.06. The molecule has 3 rings (SSSR count). The number of rotatable bonds is 6. The molecule has 0 fully saturated rings. The Morgan fingerprint density at radius 3 is 2.42 bits per heavy atom. The van der Waals surface area contributed by atoms with Gasteiger partial charge >= 0.3 is 0 Å². The first-order valence-electron chi connectivity index (χ1n) is 7.49. The fourth-order valence-electron chi connectivity index (χ4n) is 2.42. The van der Waals surface area contributed by atoms with Crippen LogP contribution in [0.2, 0.25) is 0 Å². The molecule has 0 aliphatic heterocycles. The zero-order valence-electron chi connectivity index (χ0n) is 12.9. The van der Waals surface area contributed by atoms with Crippen LogP contribution in [-0.4, -0.2) is 24.9 Å². The maximum Gasteiger partial charge on any atom is 0.125 e. The molecule has 1 heterocycles. The van der Waals surface area contributed by atoms with Crippen LogP contribution in [0.4, 0.5) is 0 Å². The van der Waals surface area contributed by atoms with E-state index in [0.29, 0.717) is 18.7 Å². The highest BCUT2D eigenvalue weighted by molar-refractivity contribution is 5.40. The van der Waals surface area contributed by atoms with Crippen molar-refractivity contribution >= 4 is 0 Å². The third-order valence-corrected chi connectivity index (χ3v) is 3.68. The topological polar surface area (TPSA) is 87.7 Å². The Bertz CT molecular complexity index is 785. The van der Waals surface area contributed by atoms with Crippen molar-refractivity contribution in [3.8, 4) is 17.2 Å². The van der Waals surface area contributed by atoms with E-state index in [-0.39, 0.29) is 17.2 Å². The van der Waals surface area contributed by atoms with Crippen LogP contribution in [0.1, 0.15) is 17.2 Å². The number of phenols is 3. The summed E-state index contributed by atoms with van der Waals surface area (Å²) in [5, 5.41) is 28.9. The number of aromatic hydroxyl groups is 3. The van der Waals surface area contributed by atoms with Gasteiger partial charge in [-0.25, -0.2) is 4.98 Å². The number of nitrogens with zero attached hydrogens (tertiary/aromatic N) is 2. The predicted molar refractivity (Wildman–Crippen MR) is 87.6 cm³/mol. The maximum absolute atomic E-state index is 10.1. The first kappa shape index (κ1) is 15.9. The Morgan fingerprint density at radius 2 is 1.75 bits per heavy atom. The van der Waals surface area contributed by atoms with E-state index >= 15 is 0 Å². The lowest BCUT2D eigenvalue weighted by Crippen LogP contribution is -2.12. The average molecular weight is 326 g/mol. The summed E-state index contributed by atoms with van der Waals surface area (Å²) >= 11 is 0. The molecule has 1 aromatic heterocycles. The van der Waals surface area contributed by atoms with Gasteiger partial charge in [-0.2, -0.15) is 0 Å². The van der Waals surface area contributed by atoms with Crippen LogP contribution in [0, 0.1) is 0 Å². The molecule has 2 aromatic carbocycles. The van der Waals surface area contributed by atoms with Crippen molar-refractivity contribution in [2.45, 2.75) is 19.3 Å². The van der Waals surface area contributed by atoms with Crippen LogP contribution in [0.5, 0.6) is 17.2 Å². The third-order valence-electron chi connectivity index (χ3n) is 3.68. The van der Waals surface area contributed by atoms with Gasteiger partial charge < -0.3 is 24.6 Å². The highest BCUT2D eigenvalue weighted by Gasteiger charge is 2.17. The molecule has 24 heavy (non-hydrogen) atoms. The first-order chi connectivity index (χ1) is 11.6. The Kier molecular flexibility index (Phi) is 4.67. The second-order valence-corrected chi connectivity index (χ2v) is 5.47. The van der Waals surface area contributed by atoms with Crippen molar-refractivity contribution in [3.63, 3.8) is 0 Å². The van der Waals surface area contributed by atoms with E-state index < -0.39 is 6.10 Å². The Morgan fingerprint density at radius 1 is 1.00 bits per heavy atom. The number of aromatic nitrogens is 2. The molecule has 6 heteroatoms. The second kappa shape index (κ2) is 7.06. The van der Waals surface area contributed by atoms with Gasteiger partial charge in [-0.15, -0.1) is 0 Å². The number of ether oxygens (including phenoxy) is 1. The van der Waals surface area contributed by atoms with Gasteiger partial charge in [0.25, 0.3) is 0 Å². The molecule has 1 atom stereocenters. The Hall–Kier alpha value is -2.99. The molecule has 0 bridgehead atoms. The molecule has 6 nitrogen and oxygen atoms in total. The highest BCUT2D eigenvalue weighted by Crippen LogP contribution is 2.31. The Balaban J connectivity index is 1.80. The molecule has 0 aliphatic carbocycles. The minimum absolute atomic E-state index is 0.00355. The molecule has 1 unspecified atom stereocenters. The minimum Gasteiger partial charge on any atom is -0.508 e. The molecular weight excluding hydrogens is 308 g/mol. The standard InChI is InChI=1S/C18H18N2O4/c21-14-3-1-13(2-4-14)11-24-18(10-20-8-7-19-12-20)16-6-5-15(22)9-17(16)23/h1-9,12,18,21-23H,10-11H2. The van der Waals surface area contributed by atoms with Crippen molar-refractivity contribution in [2.24, 2.45) is 0 Å². The zero-order valence-corrected chi connectivity index (χ0v) is 12.9. The van der Waals surface area contributed by atoms with Gasteiger partial charge in [-0.3, -0.25) is 0 Å². The molecule has 0 spiro atoms. The molecular formula is C18H18N2O4. The van der Waals surface area contributed by atoms with Crippen LogP contribution in [0.15, 0.2) is 61.2 Å². The fraction of sp³-hybridized carbons (Fsp3) is 0.167. The molecule has 3 N–H and O–H groups in total. The van der Waals surface area contributed by atoms with E-state index in [1.165, 1.54) is 12.1 Å². The predicted octanol–water partition coefficient (Wildman–Crippen LogP) is 2.96. The lowest BCUT2D eigenvalue weighted by molar-refractivity contribution is 0.0265. The van der Waals surface area contributed by atoms with E-state index in [1.807, 2.05) is 10.8 Å². The normalized spacial score (nSPS) is 12.2. The van der Waals surface area contributed by atoms with Crippen molar-refractivity contribution < 1.29 is 20.1 Å². The summed E-state index contributed by atoms with van der Waals surface area (Å²) in [7, 11) is 0. The smallest absolute Gasteiger partial charge is 0.125 e. The number of hydrogen-bond donors (Lipinski definition) is 3. The van der Waals surface area contributed by atoms with Gasteiger partial charge in [0.15, 0.2) is 0 Å². The van der Waals surface area contributed by atoms with Crippen LogP contribution < -0.4 is 0 Å². The largest absolute Gasteiger partial charge is 0.508 e. The van der Waals surface area contributed by atoms with E-state index in [9.17, 15) is 15.3 Å². The molecule has 0 radical (unpaired) electrons. The fourth-order valence-corrected chi connectivity index (χ4v) is 2.42. The van der Waals surface area contributed by atoms with E-state index in [0.717, 1.165) is 5.56 Å². The first-order valence-corrected chi connectivity index (χ1v) is 7.49.